The van der Waals surface area contributed by atoms with Crippen molar-refractivity contribution in [1.29, 1.82) is 0 Å². The summed E-state index contributed by atoms with van der Waals surface area (Å²) in [5.74, 6) is -3.13. The molecule has 0 radical (unpaired) electrons. The van der Waals surface area contributed by atoms with Crippen LogP contribution in [-0.2, 0) is 11.4 Å². The molecule has 9 heteroatoms. The lowest BCUT2D eigenvalue weighted by Gasteiger charge is -2.16. The maximum atomic E-state index is 13.7. The van der Waals surface area contributed by atoms with Crippen molar-refractivity contribution in [2.75, 3.05) is 0 Å². The summed E-state index contributed by atoms with van der Waals surface area (Å²) in [7, 11) is 0. The SMILES string of the molecule is CC(C)C(NC(=O)c1cc(-c2ccc(OCc3ccc(F)cc3F)cc2)no1)C(=O)O. The summed E-state index contributed by atoms with van der Waals surface area (Å²) in [4.78, 5) is 23.5. The molecular formula is C22H20F2N2O5. The predicted molar refractivity (Wildman–Crippen MR) is 106 cm³/mol. The standard InChI is InChI=1S/C22H20F2N2O5/c1-12(2)20(22(28)29)25-21(27)19-10-18(26-31-19)13-4-7-16(8-5-13)30-11-14-3-6-15(23)9-17(14)24/h3-10,12,20H,11H2,1-2H3,(H,25,27)(H,28,29). The van der Waals surface area contributed by atoms with E-state index in [1.54, 1.807) is 38.1 Å². The van der Waals surface area contributed by atoms with Gasteiger partial charge in [-0.1, -0.05) is 19.0 Å². The van der Waals surface area contributed by atoms with Crippen LogP contribution in [0.1, 0.15) is 30.0 Å². The molecule has 1 atom stereocenters. The summed E-state index contributed by atoms with van der Waals surface area (Å²) < 4.78 is 37.2. The summed E-state index contributed by atoms with van der Waals surface area (Å²) in [6.45, 7) is 3.29. The zero-order valence-corrected chi connectivity index (χ0v) is 16.8. The normalized spacial score (nSPS) is 11.9. The Morgan fingerprint density at radius 3 is 2.45 bits per heavy atom. The average molecular weight is 430 g/mol. The van der Waals surface area contributed by atoms with Crippen molar-refractivity contribution in [1.82, 2.24) is 10.5 Å². The van der Waals surface area contributed by atoms with E-state index >= 15 is 0 Å². The maximum absolute atomic E-state index is 13.7. The van der Waals surface area contributed by atoms with Crippen molar-refractivity contribution in [2.24, 2.45) is 5.92 Å². The lowest BCUT2D eigenvalue weighted by molar-refractivity contribution is -0.140. The van der Waals surface area contributed by atoms with E-state index in [-0.39, 0.29) is 23.8 Å². The molecule has 162 valence electrons. The van der Waals surface area contributed by atoms with Gasteiger partial charge in [-0.15, -0.1) is 0 Å². The Balaban J connectivity index is 1.64. The fourth-order valence-corrected chi connectivity index (χ4v) is 2.77. The number of nitrogens with zero attached hydrogens (tertiary/aromatic N) is 1. The van der Waals surface area contributed by atoms with Crippen molar-refractivity contribution in [3.05, 3.63) is 71.5 Å². The molecule has 1 heterocycles. The number of aromatic nitrogens is 1. The summed E-state index contributed by atoms with van der Waals surface area (Å²) in [6, 6.07) is 10.2. The Labute approximate surface area is 176 Å². The number of carboxylic acids is 1. The molecule has 0 spiro atoms. The van der Waals surface area contributed by atoms with Crippen LogP contribution in [-0.4, -0.2) is 28.2 Å². The third-order valence-corrected chi connectivity index (χ3v) is 4.51. The predicted octanol–water partition coefficient (Wildman–Crippen LogP) is 4.04. The molecule has 1 unspecified atom stereocenters. The topological polar surface area (TPSA) is 102 Å². The molecule has 0 aliphatic heterocycles. The molecule has 0 saturated carbocycles. The van der Waals surface area contributed by atoms with Crippen molar-refractivity contribution < 1.29 is 32.7 Å². The number of aliphatic carboxylic acids is 1. The Kier molecular flexibility index (Phi) is 6.64. The minimum atomic E-state index is -1.14. The number of nitrogens with one attached hydrogen (secondary N) is 1. The molecule has 0 aliphatic rings. The van der Waals surface area contributed by atoms with E-state index in [0.717, 1.165) is 12.1 Å². The minimum Gasteiger partial charge on any atom is -0.489 e. The van der Waals surface area contributed by atoms with Crippen LogP contribution in [0.3, 0.4) is 0 Å². The van der Waals surface area contributed by atoms with Crippen LogP contribution in [0.4, 0.5) is 8.78 Å². The Morgan fingerprint density at radius 1 is 1.13 bits per heavy atom. The lowest BCUT2D eigenvalue weighted by atomic mass is 10.0. The third kappa shape index (κ3) is 5.44. The summed E-state index contributed by atoms with van der Waals surface area (Å²) in [5, 5.41) is 15.4. The summed E-state index contributed by atoms with van der Waals surface area (Å²) in [5.41, 5.74) is 1.22. The monoisotopic (exact) mass is 430 g/mol. The molecule has 7 nitrogen and oxygen atoms in total. The van der Waals surface area contributed by atoms with Crippen molar-refractivity contribution in [3.8, 4) is 17.0 Å². The van der Waals surface area contributed by atoms with Gasteiger partial charge in [-0.3, -0.25) is 4.79 Å². The van der Waals surface area contributed by atoms with Gasteiger partial charge in [-0.05, 0) is 42.3 Å². The van der Waals surface area contributed by atoms with Crippen LogP contribution in [0.2, 0.25) is 0 Å². The first-order valence-electron chi connectivity index (χ1n) is 9.42. The van der Waals surface area contributed by atoms with E-state index in [2.05, 4.69) is 10.5 Å². The largest absolute Gasteiger partial charge is 0.489 e. The van der Waals surface area contributed by atoms with Crippen molar-refractivity contribution in [3.63, 3.8) is 0 Å². The highest BCUT2D eigenvalue weighted by Crippen LogP contribution is 2.23. The molecule has 1 aromatic heterocycles. The first-order valence-corrected chi connectivity index (χ1v) is 9.42. The van der Waals surface area contributed by atoms with Crippen LogP contribution in [0.5, 0.6) is 5.75 Å². The van der Waals surface area contributed by atoms with Gasteiger partial charge in [0.15, 0.2) is 0 Å². The lowest BCUT2D eigenvalue weighted by Crippen LogP contribution is -2.44. The van der Waals surface area contributed by atoms with Crippen molar-refractivity contribution >= 4 is 11.9 Å². The molecule has 2 N–H and O–H groups in total. The maximum Gasteiger partial charge on any atom is 0.326 e. The Hall–Kier alpha value is -3.75. The van der Waals surface area contributed by atoms with Crippen LogP contribution < -0.4 is 10.1 Å². The highest BCUT2D eigenvalue weighted by atomic mass is 19.1. The third-order valence-electron chi connectivity index (χ3n) is 4.51. The first-order chi connectivity index (χ1) is 14.7. The Bertz CT molecular complexity index is 1080. The summed E-state index contributed by atoms with van der Waals surface area (Å²) >= 11 is 0. The summed E-state index contributed by atoms with van der Waals surface area (Å²) in [6.07, 6.45) is 0. The second-order valence-electron chi connectivity index (χ2n) is 7.16. The van der Waals surface area contributed by atoms with Crippen LogP contribution in [0.25, 0.3) is 11.3 Å². The number of benzene rings is 2. The molecule has 3 aromatic rings. The molecule has 1 amide bonds. The van der Waals surface area contributed by atoms with Gasteiger partial charge < -0.3 is 19.7 Å². The number of carbonyl (C=O) groups excluding carboxylic acids is 1. The van der Waals surface area contributed by atoms with Gasteiger partial charge in [0.25, 0.3) is 5.91 Å². The zero-order chi connectivity index (χ0) is 22.5. The molecule has 2 aromatic carbocycles. The molecule has 0 aliphatic carbocycles. The minimum absolute atomic E-state index is 0.0691. The van der Waals surface area contributed by atoms with Gasteiger partial charge in [0, 0.05) is 23.3 Å². The fraction of sp³-hybridized carbons (Fsp3) is 0.227. The van der Waals surface area contributed by atoms with Crippen molar-refractivity contribution in [2.45, 2.75) is 26.5 Å². The van der Waals surface area contributed by atoms with E-state index in [0.29, 0.717) is 17.0 Å². The van der Waals surface area contributed by atoms with E-state index in [9.17, 15) is 23.5 Å². The quantitative estimate of drug-likeness (QED) is 0.559. The number of halogens is 2. The highest BCUT2D eigenvalue weighted by Gasteiger charge is 2.25. The van der Waals surface area contributed by atoms with E-state index in [1.165, 1.54) is 12.1 Å². The molecule has 0 bridgehead atoms. The average Bonchev–Trinajstić information content (AvgIpc) is 3.21. The first kappa shape index (κ1) is 21.9. The molecule has 31 heavy (non-hydrogen) atoms. The fourth-order valence-electron chi connectivity index (χ4n) is 2.77. The van der Waals surface area contributed by atoms with Gasteiger partial charge in [-0.2, -0.15) is 0 Å². The smallest absolute Gasteiger partial charge is 0.326 e. The number of amides is 1. The van der Waals surface area contributed by atoms with E-state index < -0.39 is 29.6 Å². The van der Waals surface area contributed by atoms with Gasteiger partial charge in [0.1, 0.15) is 35.7 Å². The highest BCUT2D eigenvalue weighted by molar-refractivity contribution is 5.95. The van der Waals surface area contributed by atoms with Crippen LogP contribution in [0, 0.1) is 17.6 Å². The molecule has 0 fully saturated rings. The number of rotatable bonds is 8. The van der Waals surface area contributed by atoms with Gasteiger partial charge in [0.2, 0.25) is 5.76 Å². The van der Waals surface area contributed by atoms with Gasteiger partial charge in [-0.25, -0.2) is 13.6 Å². The van der Waals surface area contributed by atoms with E-state index in [1.807, 2.05) is 0 Å². The number of hydrogen-bond donors (Lipinski definition) is 2. The van der Waals surface area contributed by atoms with Crippen LogP contribution in [0.15, 0.2) is 53.1 Å². The number of carbonyl (C=O) groups is 2. The molecule has 0 saturated heterocycles. The second kappa shape index (κ2) is 9.38. The van der Waals surface area contributed by atoms with Gasteiger partial charge in [0.05, 0.1) is 0 Å². The number of carboxylic acid groups (broad SMARTS) is 1. The molecular weight excluding hydrogens is 410 g/mol. The molecule has 3 rings (SSSR count). The second-order valence-corrected chi connectivity index (χ2v) is 7.16. The number of hydrogen-bond acceptors (Lipinski definition) is 5. The zero-order valence-electron chi connectivity index (χ0n) is 16.8. The van der Waals surface area contributed by atoms with E-state index in [4.69, 9.17) is 9.26 Å². The van der Waals surface area contributed by atoms with Crippen LogP contribution >= 0.6 is 0 Å². The Morgan fingerprint density at radius 2 is 1.84 bits per heavy atom. The number of ether oxygens (including phenoxy) is 1. The van der Waals surface area contributed by atoms with Gasteiger partial charge >= 0.3 is 5.97 Å².